The molecule has 1 aromatic heterocycles. The van der Waals surface area contributed by atoms with E-state index < -0.39 is 0 Å². The van der Waals surface area contributed by atoms with E-state index in [0.717, 1.165) is 47.4 Å². The first-order valence-corrected chi connectivity index (χ1v) is 8.92. The van der Waals surface area contributed by atoms with Gasteiger partial charge in [0.1, 0.15) is 23.1 Å². The molecule has 3 aromatic rings. The highest BCUT2D eigenvalue weighted by Crippen LogP contribution is 2.31. The molecule has 1 aliphatic rings. The zero-order chi connectivity index (χ0) is 17.9. The molecule has 0 amide bonds. The van der Waals surface area contributed by atoms with Crippen molar-refractivity contribution in [1.82, 2.24) is 9.97 Å². The predicted molar refractivity (Wildman–Crippen MR) is 104 cm³/mol. The molecule has 132 valence electrons. The molecule has 5 nitrogen and oxygen atoms in total. The maximum absolute atomic E-state index is 5.90. The van der Waals surface area contributed by atoms with Crippen molar-refractivity contribution in [1.29, 1.82) is 0 Å². The number of aryl methyl sites for hydroxylation is 1. The molecule has 2 heterocycles. The minimum Gasteiger partial charge on any atom is -0.457 e. The predicted octanol–water partition coefficient (Wildman–Crippen LogP) is 5.20. The molecular formula is C20H19ClN4O. The minimum atomic E-state index is 0.190. The fourth-order valence-corrected chi connectivity index (χ4v) is 3.10. The minimum absolute atomic E-state index is 0.190. The van der Waals surface area contributed by atoms with Gasteiger partial charge in [-0.25, -0.2) is 9.97 Å². The summed E-state index contributed by atoms with van der Waals surface area (Å²) in [6, 6.07) is 15.4. The third kappa shape index (κ3) is 3.73. The van der Waals surface area contributed by atoms with Gasteiger partial charge in [-0.3, -0.25) is 0 Å². The van der Waals surface area contributed by atoms with Crippen LogP contribution in [0, 0.1) is 6.92 Å². The van der Waals surface area contributed by atoms with Gasteiger partial charge in [0.15, 0.2) is 0 Å². The number of benzene rings is 2. The molecule has 0 bridgehead atoms. The van der Waals surface area contributed by atoms with Crippen molar-refractivity contribution in [3.63, 3.8) is 0 Å². The number of fused-ring (bicyclic) bond motifs is 1. The summed E-state index contributed by atoms with van der Waals surface area (Å²) in [5.41, 5.74) is 2.13. The Hall–Kier alpha value is -2.79. The number of hydrogen-bond acceptors (Lipinski definition) is 5. The van der Waals surface area contributed by atoms with E-state index in [2.05, 4.69) is 20.6 Å². The van der Waals surface area contributed by atoms with Crippen LogP contribution in [0.25, 0.3) is 0 Å². The second kappa shape index (κ2) is 7.22. The van der Waals surface area contributed by atoms with E-state index in [0.29, 0.717) is 5.02 Å². The smallest absolute Gasteiger partial charge is 0.134 e. The SMILES string of the molecule is Cc1ncc2c(n1)NCCC2Nc1ccc(Oc2ccc(Cl)cc2)cc1. The van der Waals surface area contributed by atoms with Gasteiger partial charge in [-0.1, -0.05) is 11.6 Å². The second-order valence-corrected chi connectivity index (χ2v) is 6.65. The Bertz CT molecular complexity index is 897. The summed E-state index contributed by atoms with van der Waals surface area (Å²) in [5.74, 6) is 3.24. The Morgan fingerprint density at radius 3 is 2.50 bits per heavy atom. The molecule has 1 unspecified atom stereocenters. The van der Waals surface area contributed by atoms with E-state index in [9.17, 15) is 0 Å². The van der Waals surface area contributed by atoms with Crippen LogP contribution < -0.4 is 15.4 Å². The normalized spacial score (nSPS) is 15.7. The second-order valence-electron chi connectivity index (χ2n) is 6.21. The maximum atomic E-state index is 5.90. The topological polar surface area (TPSA) is 59.1 Å². The Morgan fingerprint density at radius 1 is 1.08 bits per heavy atom. The molecular weight excluding hydrogens is 348 g/mol. The lowest BCUT2D eigenvalue weighted by molar-refractivity contribution is 0.483. The van der Waals surface area contributed by atoms with Crippen LogP contribution in [0.5, 0.6) is 11.5 Å². The summed E-state index contributed by atoms with van der Waals surface area (Å²) < 4.78 is 5.83. The maximum Gasteiger partial charge on any atom is 0.134 e. The van der Waals surface area contributed by atoms with Crippen LogP contribution in [0.2, 0.25) is 5.02 Å². The van der Waals surface area contributed by atoms with Gasteiger partial charge in [0.25, 0.3) is 0 Å². The van der Waals surface area contributed by atoms with E-state index in [-0.39, 0.29) is 6.04 Å². The van der Waals surface area contributed by atoms with E-state index >= 15 is 0 Å². The van der Waals surface area contributed by atoms with Crippen molar-refractivity contribution < 1.29 is 4.74 Å². The lowest BCUT2D eigenvalue weighted by atomic mass is 10.0. The summed E-state index contributed by atoms with van der Waals surface area (Å²) >= 11 is 5.90. The number of anilines is 2. The van der Waals surface area contributed by atoms with Crippen LogP contribution in [0.15, 0.2) is 54.7 Å². The molecule has 0 aliphatic carbocycles. The Labute approximate surface area is 157 Å². The van der Waals surface area contributed by atoms with Crippen molar-refractivity contribution in [3.05, 3.63) is 71.1 Å². The highest BCUT2D eigenvalue weighted by molar-refractivity contribution is 6.30. The van der Waals surface area contributed by atoms with E-state index in [1.165, 1.54) is 0 Å². The first kappa shape index (κ1) is 16.7. The van der Waals surface area contributed by atoms with Crippen LogP contribution in [-0.2, 0) is 0 Å². The summed E-state index contributed by atoms with van der Waals surface area (Å²) in [5, 5.41) is 7.59. The van der Waals surface area contributed by atoms with Crippen molar-refractivity contribution in [2.75, 3.05) is 17.2 Å². The molecule has 0 spiro atoms. The highest BCUT2D eigenvalue weighted by Gasteiger charge is 2.21. The average Bonchev–Trinajstić information content (AvgIpc) is 2.65. The van der Waals surface area contributed by atoms with Gasteiger partial charge in [0, 0.05) is 29.0 Å². The molecule has 0 saturated heterocycles. The lowest BCUT2D eigenvalue weighted by Gasteiger charge is -2.27. The summed E-state index contributed by atoms with van der Waals surface area (Å²) in [6.07, 6.45) is 2.88. The van der Waals surface area contributed by atoms with Crippen molar-refractivity contribution in [3.8, 4) is 11.5 Å². The van der Waals surface area contributed by atoms with E-state index in [1.54, 1.807) is 0 Å². The number of aromatic nitrogens is 2. The van der Waals surface area contributed by atoms with Crippen molar-refractivity contribution in [2.24, 2.45) is 0 Å². The van der Waals surface area contributed by atoms with Gasteiger partial charge < -0.3 is 15.4 Å². The van der Waals surface area contributed by atoms with Gasteiger partial charge in [-0.2, -0.15) is 0 Å². The largest absolute Gasteiger partial charge is 0.457 e. The Balaban J connectivity index is 1.46. The molecule has 0 fully saturated rings. The summed E-state index contributed by atoms with van der Waals surface area (Å²) in [6.45, 7) is 2.79. The number of nitrogens with zero attached hydrogens (tertiary/aromatic N) is 2. The standard InChI is InChI=1S/C20H19ClN4O/c1-13-23-12-18-19(10-11-22-20(18)24-13)25-15-4-8-17(9-5-15)26-16-6-2-14(21)3-7-16/h2-9,12,19,25H,10-11H2,1H3,(H,22,23,24). The van der Waals surface area contributed by atoms with Crippen LogP contribution in [0.1, 0.15) is 23.9 Å². The van der Waals surface area contributed by atoms with Crippen molar-refractivity contribution in [2.45, 2.75) is 19.4 Å². The number of nitrogens with one attached hydrogen (secondary N) is 2. The monoisotopic (exact) mass is 366 g/mol. The number of hydrogen-bond donors (Lipinski definition) is 2. The van der Waals surface area contributed by atoms with Crippen LogP contribution in [0.4, 0.5) is 11.5 Å². The van der Waals surface area contributed by atoms with E-state index in [4.69, 9.17) is 16.3 Å². The molecule has 4 rings (SSSR count). The average molecular weight is 367 g/mol. The van der Waals surface area contributed by atoms with Crippen molar-refractivity contribution >= 4 is 23.1 Å². The quantitative estimate of drug-likeness (QED) is 0.664. The molecule has 2 N–H and O–H groups in total. The molecule has 6 heteroatoms. The van der Waals surface area contributed by atoms with Crippen LogP contribution in [0.3, 0.4) is 0 Å². The lowest BCUT2D eigenvalue weighted by Crippen LogP contribution is -2.23. The van der Waals surface area contributed by atoms with Gasteiger partial charge in [0.05, 0.1) is 6.04 Å². The molecule has 1 aliphatic heterocycles. The van der Waals surface area contributed by atoms with Crippen LogP contribution in [-0.4, -0.2) is 16.5 Å². The van der Waals surface area contributed by atoms with Gasteiger partial charge >= 0.3 is 0 Å². The number of rotatable bonds is 4. The Morgan fingerprint density at radius 2 is 1.77 bits per heavy atom. The molecule has 0 saturated carbocycles. The first-order chi connectivity index (χ1) is 12.7. The summed E-state index contributed by atoms with van der Waals surface area (Å²) in [7, 11) is 0. The molecule has 2 aromatic carbocycles. The van der Waals surface area contributed by atoms with Gasteiger partial charge in [0.2, 0.25) is 0 Å². The fraction of sp³-hybridized carbons (Fsp3) is 0.200. The number of halogens is 1. The number of ether oxygens (including phenoxy) is 1. The zero-order valence-corrected chi connectivity index (χ0v) is 15.1. The van der Waals surface area contributed by atoms with Gasteiger partial charge in [-0.15, -0.1) is 0 Å². The first-order valence-electron chi connectivity index (χ1n) is 8.55. The third-order valence-electron chi connectivity index (χ3n) is 4.28. The Kier molecular flexibility index (Phi) is 4.63. The molecule has 1 atom stereocenters. The molecule has 26 heavy (non-hydrogen) atoms. The highest BCUT2D eigenvalue weighted by atomic mass is 35.5. The third-order valence-corrected chi connectivity index (χ3v) is 4.53. The zero-order valence-electron chi connectivity index (χ0n) is 14.4. The van der Waals surface area contributed by atoms with Crippen LogP contribution >= 0.6 is 11.6 Å². The molecule has 0 radical (unpaired) electrons. The van der Waals surface area contributed by atoms with Gasteiger partial charge in [-0.05, 0) is 61.9 Å². The summed E-state index contributed by atoms with van der Waals surface area (Å²) in [4.78, 5) is 8.81. The van der Waals surface area contributed by atoms with E-state index in [1.807, 2.05) is 61.7 Å². The fourth-order valence-electron chi connectivity index (χ4n) is 2.98.